The van der Waals surface area contributed by atoms with Gasteiger partial charge in [-0.25, -0.2) is 18.0 Å². The maximum atomic E-state index is 13.8. The second-order valence-corrected chi connectivity index (χ2v) is 9.12. The number of esters is 1. The van der Waals surface area contributed by atoms with Crippen molar-refractivity contribution < 1.29 is 45.7 Å². The molecule has 1 saturated heterocycles. The first-order valence-electron chi connectivity index (χ1n) is 10.3. The van der Waals surface area contributed by atoms with Crippen LogP contribution >= 0.6 is 11.3 Å². The quantitative estimate of drug-likeness (QED) is 0.330. The molecule has 0 radical (unpaired) electrons. The zero-order chi connectivity index (χ0) is 26.3. The van der Waals surface area contributed by atoms with Crippen molar-refractivity contribution in [1.82, 2.24) is 4.98 Å². The molecule has 0 bridgehead atoms. The molecule has 3 aromatic rings. The minimum Gasteiger partial charge on any atom is -0.487 e. The SMILES string of the molecule is COC(=O)c1cc(-c2ncc(N3CC(F)(F)C3)cc2OCc2cc(F)cc(C(F)(F)F)c2)c(CO)s1. The van der Waals surface area contributed by atoms with Gasteiger partial charge in [-0.3, -0.25) is 4.98 Å². The Kier molecular flexibility index (Phi) is 6.88. The largest absolute Gasteiger partial charge is 0.487 e. The van der Waals surface area contributed by atoms with Gasteiger partial charge in [0, 0.05) is 16.5 Å². The van der Waals surface area contributed by atoms with E-state index in [-0.39, 0.29) is 33.1 Å². The third-order valence-corrected chi connectivity index (χ3v) is 6.42. The van der Waals surface area contributed by atoms with Gasteiger partial charge in [0.25, 0.3) is 5.92 Å². The van der Waals surface area contributed by atoms with E-state index in [9.17, 15) is 36.2 Å². The molecular formula is C23H18F6N2O4S. The number of pyridine rings is 1. The van der Waals surface area contributed by atoms with E-state index < -0.39 is 55.8 Å². The highest BCUT2D eigenvalue weighted by Crippen LogP contribution is 2.40. The van der Waals surface area contributed by atoms with Gasteiger partial charge in [0.05, 0.1) is 44.3 Å². The van der Waals surface area contributed by atoms with Crippen LogP contribution < -0.4 is 9.64 Å². The number of alkyl halides is 5. The molecule has 0 saturated carbocycles. The number of anilines is 1. The van der Waals surface area contributed by atoms with E-state index in [1.165, 1.54) is 30.3 Å². The third kappa shape index (κ3) is 5.41. The van der Waals surface area contributed by atoms with Gasteiger partial charge in [-0.1, -0.05) is 0 Å². The van der Waals surface area contributed by atoms with Crippen molar-refractivity contribution in [3.05, 3.63) is 63.2 Å². The summed E-state index contributed by atoms with van der Waals surface area (Å²) in [4.78, 5) is 18.0. The predicted octanol–water partition coefficient (Wildman–Crippen LogP) is 5.28. The van der Waals surface area contributed by atoms with Crippen molar-refractivity contribution in [1.29, 1.82) is 0 Å². The molecule has 2 aromatic heterocycles. The number of thiophene rings is 1. The van der Waals surface area contributed by atoms with E-state index in [0.29, 0.717) is 10.9 Å². The highest BCUT2D eigenvalue weighted by atomic mass is 32.1. The molecule has 1 N–H and O–H groups in total. The van der Waals surface area contributed by atoms with Crippen LogP contribution in [0, 0.1) is 5.82 Å². The van der Waals surface area contributed by atoms with Crippen molar-refractivity contribution in [3.63, 3.8) is 0 Å². The number of hydrogen-bond donors (Lipinski definition) is 1. The average molecular weight is 532 g/mol. The second kappa shape index (κ2) is 9.62. The van der Waals surface area contributed by atoms with Crippen molar-refractivity contribution in [2.75, 3.05) is 25.1 Å². The van der Waals surface area contributed by atoms with Gasteiger partial charge in [0.15, 0.2) is 0 Å². The summed E-state index contributed by atoms with van der Waals surface area (Å²) in [5.41, 5.74) is -0.664. The third-order valence-electron chi connectivity index (χ3n) is 5.32. The first-order chi connectivity index (χ1) is 16.9. The first-order valence-corrected chi connectivity index (χ1v) is 11.2. The Morgan fingerprint density at radius 1 is 1.19 bits per heavy atom. The minimum absolute atomic E-state index is 0.0237. The highest BCUT2D eigenvalue weighted by Gasteiger charge is 2.44. The number of benzene rings is 1. The summed E-state index contributed by atoms with van der Waals surface area (Å²) in [6, 6.07) is 4.74. The second-order valence-electron chi connectivity index (χ2n) is 7.98. The normalized spacial score (nSPS) is 14.9. The van der Waals surface area contributed by atoms with Gasteiger partial charge in [-0.2, -0.15) is 13.2 Å². The number of halogens is 6. The fourth-order valence-electron chi connectivity index (χ4n) is 3.62. The predicted molar refractivity (Wildman–Crippen MR) is 118 cm³/mol. The standard InChI is InChI=1S/C23H18F6N2O4S/c1-34-21(33)18-6-16(19(8-32)36-18)20-17(5-15(7-30-20)31-10-22(25,26)11-31)35-9-12-2-13(23(27,28)29)4-14(24)3-12/h2-7,32H,8-11H2,1H3. The molecule has 1 aliphatic rings. The molecule has 6 nitrogen and oxygen atoms in total. The molecular weight excluding hydrogens is 514 g/mol. The number of aliphatic hydroxyl groups is 1. The van der Waals surface area contributed by atoms with Crippen LogP contribution in [0.15, 0.2) is 36.5 Å². The topological polar surface area (TPSA) is 71.9 Å². The molecule has 1 aliphatic heterocycles. The summed E-state index contributed by atoms with van der Waals surface area (Å²) in [6.07, 6.45) is -3.47. The van der Waals surface area contributed by atoms with Crippen molar-refractivity contribution in [2.24, 2.45) is 0 Å². The Hall–Kier alpha value is -3.32. The van der Waals surface area contributed by atoms with Crippen LogP contribution in [-0.4, -0.2) is 42.2 Å². The Morgan fingerprint density at radius 3 is 2.53 bits per heavy atom. The lowest BCUT2D eigenvalue weighted by molar-refractivity contribution is -0.137. The van der Waals surface area contributed by atoms with Crippen LogP contribution in [0.2, 0.25) is 0 Å². The van der Waals surface area contributed by atoms with Gasteiger partial charge in [0.1, 0.15) is 28.7 Å². The van der Waals surface area contributed by atoms with Gasteiger partial charge in [-0.05, 0) is 29.8 Å². The van der Waals surface area contributed by atoms with E-state index >= 15 is 0 Å². The number of aliphatic hydroxyl groups excluding tert-OH is 1. The number of methoxy groups -OCH3 is 1. The van der Waals surface area contributed by atoms with Crippen LogP contribution in [0.25, 0.3) is 11.3 Å². The smallest absolute Gasteiger partial charge is 0.416 e. The van der Waals surface area contributed by atoms with E-state index in [4.69, 9.17) is 9.47 Å². The molecule has 13 heteroatoms. The van der Waals surface area contributed by atoms with E-state index in [0.717, 1.165) is 23.5 Å². The van der Waals surface area contributed by atoms with E-state index in [1.807, 2.05) is 0 Å². The number of rotatable bonds is 7. The summed E-state index contributed by atoms with van der Waals surface area (Å²) in [7, 11) is 1.18. The monoisotopic (exact) mass is 532 g/mol. The lowest BCUT2D eigenvalue weighted by Gasteiger charge is -2.40. The Labute approximate surface area is 204 Å². The van der Waals surface area contributed by atoms with Crippen LogP contribution in [0.4, 0.5) is 32.0 Å². The molecule has 0 amide bonds. The number of carbonyl (C=O) groups is 1. The van der Waals surface area contributed by atoms with Crippen LogP contribution in [-0.2, 0) is 24.1 Å². The number of ether oxygens (including phenoxy) is 2. The summed E-state index contributed by atoms with van der Waals surface area (Å²) in [6.45, 7) is -2.09. The summed E-state index contributed by atoms with van der Waals surface area (Å²) in [5.74, 6) is -4.67. The number of nitrogens with zero attached hydrogens (tertiary/aromatic N) is 2. The van der Waals surface area contributed by atoms with Gasteiger partial charge < -0.3 is 19.5 Å². The van der Waals surface area contributed by atoms with Crippen LogP contribution in [0.5, 0.6) is 5.75 Å². The molecule has 192 valence electrons. The lowest BCUT2D eigenvalue weighted by Crippen LogP contribution is -2.56. The van der Waals surface area contributed by atoms with E-state index in [2.05, 4.69) is 4.98 Å². The number of aromatic nitrogens is 1. The van der Waals surface area contributed by atoms with Gasteiger partial charge in [0.2, 0.25) is 0 Å². The molecule has 4 rings (SSSR count). The maximum Gasteiger partial charge on any atom is 0.416 e. The average Bonchev–Trinajstić information content (AvgIpc) is 3.24. The van der Waals surface area contributed by atoms with Gasteiger partial charge >= 0.3 is 12.1 Å². The summed E-state index contributed by atoms with van der Waals surface area (Å²) in [5, 5.41) is 9.78. The minimum atomic E-state index is -4.77. The summed E-state index contributed by atoms with van der Waals surface area (Å²) < 4.78 is 90.2. The first kappa shape index (κ1) is 25.8. The molecule has 0 unspecified atom stereocenters. The molecule has 3 heterocycles. The number of hydrogen-bond acceptors (Lipinski definition) is 7. The summed E-state index contributed by atoms with van der Waals surface area (Å²) >= 11 is 0.938. The fraction of sp³-hybridized carbons (Fsp3) is 0.304. The lowest BCUT2D eigenvalue weighted by atomic mass is 10.1. The molecule has 36 heavy (non-hydrogen) atoms. The maximum absolute atomic E-state index is 13.8. The fourth-order valence-corrected chi connectivity index (χ4v) is 4.56. The van der Waals surface area contributed by atoms with Crippen LogP contribution in [0.3, 0.4) is 0 Å². The van der Waals surface area contributed by atoms with E-state index in [1.54, 1.807) is 0 Å². The Morgan fingerprint density at radius 2 is 1.92 bits per heavy atom. The zero-order valence-corrected chi connectivity index (χ0v) is 19.4. The van der Waals surface area contributed by atoms with Crippen LogP contribution in [0.1, 0.15) is 25.7 Å². The molecule has 0 spiro atoms. The van der Waals surface area contributed by atoms with Crippen molar-refractivity contribution >= 4 is 23.0 Å². The van der Waals surface area contributed by atoms with Crippen molar-refractivity contribution in [2.45, 2.75) is 25.3 Å². The Balaban J connectivity index is 1.72. The Bertz CT molecular complexity index is 1290. The highest BCUT2D eigenvalue weighted by molar-refractivity contribution is 7.14. The number of carbonyl (C=O) groups excluding carboxylic acids is 1. The molecule has 1 fully saturated rings. The molecule has 0 aliphatic carbocycles. The van der Waals surface area contributed by atoms with Gasteiger partial charge in [-0.15, -0.1) is 11.3 Å². The molecule has 1 aromatic carbocycles. The van der Waals surface area contributed by atoms with Crippen molar-refractivity contribution in [3.8, 4) is 17.0 Å². The zero-order valence-electron chi connectivity index (χ0n) is 18.5. The molecule has 0 atom stereocenters.